The molecule has 0 spiro atoms. The molecule has 8 nitrogen and oxygen atoms in total. The number of quaternary nitrogens is 1. The van der Waals surface area contributed by atoms with E-state index in [1.165, 1.54) is 4.31 Å². The SMILES string of the molecule is COc1ccc([C@H]2N(C(=O)C[NH+]3CCOCC3)CCN2S(=O)(=O)c2ccc(C)cc2)cc1. The number of nitrogens with one attached hydrogen (secondary N) is 1. The van der Waals surface area contributed by atoms with E-state index in [4.69, 9.17) is 9.47 Å². The van der Waals surface area contributed by atoms with Crippen molar-refractivity contribution in [3.8, 4) is 5.75 Å². The van der Waals surface area contributed by atoms with Gasteiger partial charge in [0.25, 0.3) is 5.91 Å². The highest BCUT2D eigenvalue weighted by atomic mass is 32.2. The molecule has 1 N–H and O–H groups in total. The molecule has 0 aliphatic carbocycles. The molecule has 2 aromatic rings. The zero-order chi connectivity index (χ0) is 22.7. The third-order valence-electron chi connectivity index (χ3n) is 6.09. The van der Waals surface area contributed by atoms with Crippen LogP contribution in [0.5, 0.6) is 5.75 Å². The highest BCUT2D eigenvalue weighted by molar-refractivity contribution is 7.89. The van der Waals surface area contributed by atoms with Crippen molar-refractivity contribution >= 4 is 15.9 Å². The summed E-state index contributed by atoms with van der Waals surface area (Å²) in [5.41, 5.74) is 1.73. The molecule has 2 heterocycles. The maximum absolute atomic E-state index is 13.6. The van der Waals surface area contributed by atoms with Gasteiger partial charge in [-0.15, -0.1) is 0 Å². The number of aryl methyl sites for hydroxylation is 1. The fourth-order valence-corrected chi connectivity index (χ4v) is 5.81. The highest BCUT2D eigenvalue weighted by Gasteiger charge is 2.44. The van der Waals surface area contributed by atoms with Gasteiger partial charge in [0.1, 0.15) is 25.0 Å². The number of carbonyl (C=O) groups excluding carboxylic acids is 1. The predicted molar refractivity (Wildman–Crippen MR) is 119 cm³/mol. The van der Waals surface area contributed by atoms with E-state index in [2.05, 4.69) is 0 Å². The van der Waals surface area contributed by atoms with Gasteiger partial charge in [0, 0.05) is 13.1 Å². The van der Waals surface area contributed by atoms with Crippen molar-refractivity contribution in [1.29, 1.82) is 0 Å². The summed E-state index contributed by atoms with van der Waals surface area (Å²) in [6, 6.07) is 14.1. The van der Waals surface area contributed by atoms with Crippen molar-refractivity contribution in [2.45, 2.75) is 18.0 Å². The average Bonchev–Trinajstić information content (AvgIpc) is 3.26. The fourth-order valence-electron chi connectivity index (χ4n) is 4.24. The number of nitrogens with zero attached hydrogens (tertiary/aromatic N) is 2. The summed E-state index contributed by atoms with van der Waals surface area (Å²) in [5.74, 6) is 0.625. The van der Waals surface area contributed by atoms with E-state index in [0.717, 1.165) is 29.1 Å². The van der Waals surface area contributed by atoms with Crippen LogP contribution in [0.25, 0.3) is 0 Å². The lowest BCUT2D eigenvalue weighted by molar-refractivity contribution is -0.900. The fraction of sp³-hybridized carbons (Fsp3) is 0.435. The topological polar surface area (TPSA) is 80.6 Å². The van der Waals surface area contributed by atoms with Gasteiger partial charge < -0.3 is 19.3 Å². The second-order valence-electron chi connectivity index (χ2n) is 8.20. The quantitative estimate of drug-likeness (QED) is 0.677. The number of benzene rings is 2. The molecule has 4 rings (SSSR count). The number of methoxy groups -OCH3 is 1. The van der Waals surface area contributed by atoms with Crippen molar-refractivity contribution in [3.63, 3.8) is 0 Å². The number of amides is 1. The van der Waals surface area contributed by atoms with Crippen molar-refractivity contribution < 1.29 is 27.6 Å². The Morgan fingerprint density at radius 2 is 1.72 bits per heavy atom. The Kier molecular flexibility index (Phi) is 6.80. The number of morpholine rings is 1. The van der Waals surface area contributed by atoms with Gasteiger partial charge in [-0.2, -0.15) is 4.31 Å². The predicted octanol–water partition coefficient (Wildman–Crippen LogP) is 0.450. The molecule has 0 saturated carbocycles. The molecule has 9 heteroatoms. The van der Waals surface area contributed by atoms with Crippen LogP contribution in [-0.4, -0.2) is 76.6 Å². The number of rotatable bonds is 6. The van der Waals surface area contributed by atoms with E-state index in [-0.39, 0.29) is 17.3 Å². The van der Waals surface area contributed by atoms with Crippen LogP contribution >= 0.6 is 0 Å². The Morgan fingerprint density at radius 3 is 2.34 bits per heavy atom. The highest BCUT2D eigenvalue weighted by Crippen LogP contribution is 2.35. The average molecular weight is 461 g/mol. The van der Waals surface area contributed by atoms with Gasteiger partial charge in [-0.05, 0) is 36.8 Å². The number of ether oxygens (including phenoxy) is 2. The number of carbonyl (C=O) groups is 1. The van der Waals surface area contributed by atoms with E-state index in [1.807, 2.05) is 19.1 Å². The van der Waals surface area contributed by atoms with E-state index in [1.54, 1.807) is 48.4 Å². The molecule has 2 aromatic carbocycles. The summed E-state index contributed by atoms with van der Waals surface area (Å²) in [7, 11) is -2.20. The largest absolute Gasteiger partial charge is 0.497 e. The molecule has 1 atom stereocenters. The molecular formula is C23H30N3O5S+. The first-order valence-electron chi connectivity index (χ1n) is 10.8. The van der Waals surface area contributed by atoms with Crippen molar-refractivity contribution in [1.82, 2.24) is 9.21 Å². The van der Waals surface area contributed by atoms with Crippen LogP contribution in [0.15, 0.2) is 53.4 Å². The van der Waals surface area contributed by atoms with Crippen molar-refractivity contribution in [2.75, 3.05) is 53.0 Å². The number of hydrogen-bond donors (Lipinski definition) is 1. The summed E-state index contributed by atoms with van der Waals surface area (Å²) in [6.07, 6.45) is -0.694. The molecule has 2 aliphatic rings. The first-order valence-corrected chi connectivity index (χ1v) is 12.3. The zero-order valence-corrected chi connectivity index (χ0v) is 19.3. The molecule has 1 amide bonds. The van der Waals surface area contributed by atoms with E-state index >= 15 is 0 Å². The van der Waals surface area contributed by atoms with Gasteiger partial charge in [0.05, 0.1) is 25.2 Å². The van der Waals surface area contributed by atoms with Gasteiger partial charge in [-0.3, -0.25) is 4.79 Å². The Labute approximate surface area is 189 Å². The Bertz CT molecular complexity index is 1030. The van der Waals surface area contributed by atoms with E-state index in [0.29, 0.717) is 32.1 Å². The smallest absolute Gasteiger partial charge is 0.279 e. The standard InChI is InChI=1S/C23H29N3O5S/c1-18-3-9-21(10-4-18)32(28,29)26-12-11-25(22(27)17-24-13-15-31-16-14-24)23(26)19-5-7-20(30-2)8-6-19/h3-10,23H,11-17H2,1-2H3/p+1/t23-/m0/s1. The van der Waals surface area contributed by atoms with Crippen LogP contribution in [0.2, 0.25) is 0 Å². The molecule has 172 valence electrons. The van der Waals surface area contributed by atoms with Crippen molar-refractivity contribution in [3.05, 3.63) is 59.7 Å². The summed E-state index contributed by atoms with van der Waals surface area (Å²) in [5, 5.41) is 0. The maximum Gasteiger partial charge on any atom is 0.279 e. The van der Waals surface area contributed by atoms with Crippen LogP contribution in [-0.2, 0) is 19.6 Å². The van der Waals surface area contributed by atoms with Crippen LogP contribution < -0.4 is 9.64 Å². The van der Waals surface area contributed by atoms with E-state index < -0.39 is 16.2 Å². The third kappa shape index (κ3) is 4.66. The second-order valence-corrected chi connectivity index (χ2v) is 10.1. The summed E-state index contributed by atoms with van der Waals surface area (Å²) >= 11 is 0. The monoisotopic (exact) mass is 460 g/mol. The molecule has 0 aromatic heterocycles. The number of sulfonamides is 1. The first-order chi connectivity index (χ1) is 15.4. The van der Waals surface area contributed by atoms with Gasteiger partial charge in [0.15, 0.2) is 6.54 Å². The Morgan fingerprint density at radius 1 is 1.06 bits per heavy atom. The lowest BCUT2D eigenvalue weighted by Crippen LogP contribution is -3.15. The molecule has 0 bridgehead atoms. The van der Waals surface area contributed by atoms with Crippen LogP contribution in [0.1, 0.15) is 17.3 Å². The van der Waals surface area contributed by atoms with Crippen LogP contribution in [0.4, 0.5) is 0 Å². The van der Waals surface area contributed by atoms with Gasteiger partial charge in [0.2, 0.25) is 10.0 Å². The minimum atomic E-state index is -3.79. The normalized spacial score (nSPS) is 20.4. The Balaban J connectivity index is 1.66. The molecule has 32 heavy (non-hydrogen) atoms. The molecule has 0 unspecified atom stereocenters. The molecule has 2 fully saturated rings. The van der Waals surface area contributed by atoms with E-state index in [9.17, 15) is 13.2 Å². The van der Waals surface area contributed by atoms with Gasteiger partial charge in [-0.25, -0.2) is 8.42 Å². The van der Waals surface area contributed by atoms with Gasteiger partial charge in [-0.1, -0.05) is 29.8 Å². The minimum absolute atomic E-state index is 0.0516. The molecular weight excluding hydrogens is 430 g/mol. The molecule has 0 radical (unpaired) electrons. The molecule has 2 aliphatic heterocycles. The summed E-state index contributed by atoms with van der Waals surface area (Å²) < 4.78 is 39.2. The van der Waals surface area contributed by atoms with Crippen LogP contribution in [0.3, 0.4) is 0 Å². The van der Waals surface area contributed by atoms with Crippen LogP contribution in [0, 0.1) is 6.92 Å². The minimum Gasteiger partial charge on any atom is -0.497 e. The summed E-state index contributed by atoms with van der Waals surface area (Å²) in [4.78, 5) is 16.4. The number of hydrogen-bond acceptors (Lipinski definition) is 5. The summed E-state index contributed by atoms with van der Waals surface area (Å²) in [6.45, 7) is 5.67. The van der Waals surface area contributed by atoms with Gasteiger partial charge >= 0.3 is 0 Å². The Hall–Kier alpha value is -2.46. The lowest BCUT2D eigenvalue weighted by Gasteiger charge is -2.31. The lowest BCUT2D eigenvalue weighted by atomic mass is 10.1. The maximum atomic E-state index is 13.6. The zero-order valence-electron chi connectivity index (χ0n) is 18.5. The first kappa shape index (κ1) is 22.7. The molecule has 2 saturated heterocycles. The second kappa shape index (κ2) is 9.58. The third-order valence-corrected chi connectivity index (χ3v) is 7.96. The van der Waals surface area contributed by atoms with Crippen molar-refractivity contribution in [2.24, 2.45) is 0 Å².